The molecule has 38 heavy (non-hydrogen) atoms. The fourth-order valence-electron chi connectivity index (χ4n) is 5.42. The fraction of sp³-hybridized carbons (Fsp3) is 0.0714. The van der Waals surface area contributed by atoms with E-state index in [1.165, 1.54) is 62.6 Å². The molecule has 2 N–H and O–H groups in total. The molecule has 0 unspecified atom stereocenters. The Balaban J connectivity index is 1.83. The Morgan fingerprint density at radius 3 is 1.03 bits per heavy atom. The zero-order chi connectivity index (χ0) is 27.2. The Labute approximate surface area is 213 Å². The Kier molecular flexibility index (Phi) is 4.58. The van der Waals surface area contributed by atoms with Gasteiger partial charge in [-0.3, -0.25) is 29.0 Å². The van der Waals surface area contributed by atoms with Crippen molar-refractivity contribution < 1.29 is 39.0 Å². The van der Waals surface area contributed by atoms with Crippen LogP contribution in [0.2, 0.25) is 0 Å². The molecular formula is C28H16N2O8. The summed E-state index contributed by atoms with van der Waals surface area (Å²) in [5, 5.41) is 20.5. The number of hydrogen-bond acceptors (Lipinski definition) is 6. The predicted molar refractivity (Wildman–Crippen MR) is 134 cm³/mol. The van der Waals surface area contributed by atoms with E-state index in [0.29, 0.717) is 0 Å². The van der Waals surface area contributed by atoms with Crippen molar-refractivity contribution in [2.45, 2.75) is 0 Å². The maximum atomic E-state index is 12.9. The summed E-state index contributed by atoms with van der Waals surface area (Å²) in [6.07, 6.45) is 0. The molecule has 4 amide bonds. The van der Waals surface area contributed by atoms with E-state index in [2.05, 4.69) is 0 Å². The maximum absolute atomic E-state index is 12.9. The molecule has 0 aliphatic carbocycles. The second kappa shape index (κ2) is 7.56. The summed E-state index contributed by atoms with van der Waals surface area (Å²) < 4.78 is 0. The standard InChI is InChI=1S/C28H16N2O8/c1-29-23(31)13-5-3-11(19-17(27(35)36)9-7-15(21(13)19)25(29)33)12-4-6-14-22-16(26(34)30(2)24(14)32)8-10-18(20(12)22)28(37)38/h3-10H,1-2H3,(H,35,36)(H,37,38). The second-order valence-electron chi connectivity index (χ2n) is 9.09. The van der Waals surface area contributed by atoms with Crippen LogP contribution in [0.5, 0.6) is 0 Å². The number of rotatable bonds is 3. The van der Waals surface area contributed by atoms with Gasteiger partial charge < -0.3 is 10.2 Å². The SMILES string of the molecule is CN1C(=O)c2ccc(C(=O)O)c3c(-c4ccc5c6c(ccc(C(=O)O)c46)C(=O)N(C)C5=O)ccc(c23)C1=O. The minimum absolute atomic E-state index is 0.0740. The van der Waals surface area contributed by atoms with E-state index in [-0.39, 0.29) is 66.1 Å². The number of carbonyl (C=O) groups excluding carboxylic acids is 4. The zero-order valence-electron chi connectivity index (χ0n) is 19.9. The average Bonchev–Trinajstić information content (AvgIpc) is 2.90. The molecule has 0 saturated carbocycles. The summed E-state index contributed by atoms with van der Waals surface area (Å²) in [4.78, 5) is 78.3. The van der Waals surface area contributed by atoms with Gasteiger partial charge in [0.1, 0.15) is 0 Å². The average molecular weight is 508 g/mol. The van der Waals surface area contributed by atoms with Crippen LogP contribution in [-0.4, -0.2) is 69.7 Å². The van der Waals surface area contributed by atoms with Gasteiger partial charge in [0.15, 0.2) is 0 Å². The topological polar surface area (TPSA) is 149 Å². The first-order chi connectivity index (χ1) is 18.0. The van der Waals surface area contributed by atoms with Gasteiger partial charge in [-0.15, -0.1) is 0 Å². The molecule has 10 heteroatoms. The van der Waals surface area contributed by atoms with E-state index in [9.17, 15) is 39.0 Å². The second-order valence-corrected chi connectivity index (χ2v) is 9.09. The van der Waals surface area contributed by atoms with Crippen molar-refractivity contribution in [2.75, 3.05) is 14.1 Å². The molecule has 0 radical (unpaired) electrons. The van der Waals surface area contributed by atoms with Crippen molar-refractivity contribution in [3.63, 3.8) is 0 Å². The monoisotopic (exact) mass is 508 g/mol. The highest BCUT2D eigenvalue weighted by molar-refractivity contribution is 6.32. The molecule has 4 aromatic carbocycles. The van der Waals surface area contributed by atoms with Crippen LogP contribution in [0.25, 0.3) is 32.7 Å². The van der Waals surface area contributed by atoms with E-state index in [1.54, 1.807) is 0 Å². The first-order valence-electron chi connectivity index (χ1n) is 11.4. The van der Waals surface area contributed by atoms with Crippen LogP contribution in [0.15, 0.2) is 48.5 Å². The first kappa shape index (κ1) is 23.0. The van der Waals surface area contributed by atoms with Gasteiger partial charge in [0.05, 0.1) is 11.1 Å². The maximum Gasteiger partial charge on any atom is 0.336 e. The first-order valence-corrected chi connectivity index (χ1v) is 11.4. The normalized spacial score (nSPS) is 14.6. The molecule has 2 heterocycles. The summed E-state index contributed by atoms with van der Waals surface area (Å²) in [6, 6.07) is 11.1. The number of carboxylic acid groups (broad SMARTS) is 2. The zero-order valence-corrected chi connectivity index (χ0v) is 19.9. The third-order valence-corrected chi connectivity index (χ3v) is 7.21. The molecule has 6 rings (SSSR count). The summed E-state index contributed by atoms with van der Waals surface area (Å²) in [6.45, 7) is 0. The Morgan fingerprint density at radius 2 is 0.737 bits per heavy atom. The van der Waals surface area contributed by atoms with Crippen LogP contribution in [0.3, 0.4) is 0 Å². The van der Waals surface area contributed by atoms with E-state index < -0.39 is 35.6 Å². The number of hydrogen-bond donors (Lipinski definition) is 2. The van der Waals surface area contributed by atoms with Gasteiger partial charge in [0, 0.05) is 57.9 Å². The molecule has 0 saturated heterocycles. The summed E-state index contributed by atoms with van der Waals surface area (Å²) in [5.74, 6) is -5.07. The molecule has 0 atom stereocenters. The lowest BCUT2D eigenvalue weighted by molar-refractivity contribution is 0.0635. The largest absolute Gasteiger partial charge is 0.478 e. The number of carbonyl (C=O) groups is 6. The summed E-state index contributed by atoms with van der Waals surface area (Å²) in [5.41, 5.74) is 0.560. The van der Waals surface area contributed by atoms with Gasteiger partial charge in [-0.05, 0) is 47.5 Å². The highest BCUT2D eigenvalue weighted by Gasteiger charge is 2.35. The minimum Gasteiger partial charge on any atom is -0.478 e. The fourth-order valence-corrected chi connectivity index (χ4v) is 5.42. The molecule has 4 aromatic rings. The molecule has 2 aliphatic rings. The molecular weight excluding hydrogens is 492 g/mol. The molecule has 0 fully saturated rings. The summed E-state index contributed by atoms with van der Waals surface area (Å²) >= 11 is 0. The number of nitrogens with zero attached hydrogens (tertiary/aromatic N) is 2. The van der Waals surface area contributed by atoms with Gasteiger partial charge in [0.25, 0.3) is 23.6 Å². The van der Waals surface area contributed by atoms with Crippen LogP contribution in [0.4, 0.5) is 0 Å². The predicted octanol–water partition coefficient (Wildman–Crippen LogP) is 3.51. The molecule has 2 aliphatic heterocycles. The van der Waals surface area contributed by atoms with Crippen LogP contribution < -0.4 is 0 Å². The molecule has 0 aromatic heterocycles. The van der Waals surface area contributed by atoms with Crippen LogP contribution in [-0.2, 0) is 0 Å². The smallest absolute Gasteiger partial charge is 0.336 e. The third kappa shape index (κ3) is 2.76. The van der Waals surface area contributed by atoms with Crippen molar-refractivity contribution in [3.05, 3.63) is 81.9 Å². The number of aromatic carboxylic acids is 2. The number of amides is 4. The third-order valence-electron chi connectivity index (χ3n) is 7.21. The number of carboxylic acids is 2. The quantitative estimate of drug-likeness (QED) is 0.399. The summed E-state index contributed by atoms with van der Waals surface area (Å²) in [7, 11) is 2.66. The van der Waals surface area contributed by atoms with Crippen LogP contribution >= 0.6 is 0 Å². The van der Waals surface area contributed by atoms with Crippen molar-refractivity contribution in [2.24, 2.45) is 0 Å². The number of benzene rings is 4. The number of imide groups is 2. The minimum atomic E-state index is -1.32. The Morgan fingerprint density at radius 1 is 0.474 bits per heavy atom. The van der Waals surface area contributed by atoms with E-state index in [0.717, 1.165) is 9.80 Å². The van der Waals surface area contributed by atoms with Gasteiger partial charge in [0.2, 0.25) is 0 Å². The highest BCUT2D eigenvalue weighted by Crippen LogP contribution is 2.43. The van der Waals surface area contributed by atoms with Crippen LogP contribution in [0, 0.1) is 0 Å². The molecule has 10 nitrogen and oxygen atoms in total. The van der Waals surface area contributed by atoms with Gasteiger partial charge in [-0.25, -0.2) is 9.59 Å². The molecule has 0 spiro atoms. The van der Waals surface area contributed by atoms with Crippen molar-refractivity contribution in [1.82, 2.24) is 9.80 Å². The highest BCUT2D eigenvalue weighted by atomic mass is 16.4. The van der Waals surface area contributed by atoms with Gasteiger partial charge >= 0.3 is 11.9 Å². The van der Waals surface area contributed by atoms with Crippen LogP contribution in [0.1, 0.15) is 62.1 Å². The van der Waals surface area contributed by atoms with Crippen molar-refractivity contribution >= 4 is 57.1 Å². The van der Waals surface area contributed by atoms with Crippen molar-refractivity contribution in [1.29, 1.82) is 0 Å². The Hall–Kier alpha value is -5.38. The lowest BCUT2D eigenvalue weighted by Crippen LogP contribution is -2.37. The Bertz CT molecular complexity index is 1710. The molecule has 186 valence electrons. The van der Waals surface area contributed by atoms with E-state index >= 15 is 0 Å². The van der Waals surface area contributed by atoms with Gasteiger partial charge in [-0.1, -0.05) is 12.1 Å². The molecule has 0 bridgehead atoms. The van der Waals surface area contributed by atoms with Crippen molar-refractivity contribution in [3.8, 4) is 11.1 Å². The lowest BCUT2D eigenvalue weighted by Gasteiger charge is -2.27. The van der Waals surface area contributed by atoms with Gasteiger partial charge in [-0.2, -0.15) is 0 Å². The van der Waals surface area contributed by atoms with E-state index in [4.69, 9.17) is 0 Å². The van der Waals surface area contributed by atoms with E-state index in [1.807, 2.05) is 0 Å². The lowest BCUT2D eigenvalue weighted by atomic mass is 9.82.